The first-order valence-corrected chi connectivity index (χ1v) is 8.75. The van der Waals surface area contributed by atoms with Crippen LogP contribution in [-0.2, 0) is 4.79 Å². The van der Waals surface area contributed by atoms with Gasteiger partial charge in [0, 0.05) is 24.1 Å². The lowest BCUT2D eigenvalue weighted by Gasteiger charge is -2.22. The third-order valence-corrected chi connectivity index (χ3v) is 4.64. The van der Waals surface area contributed by atoms with Crippen LogP contribution < -0.4 is 10.1 Å². The van der Waals surface area contributed by atoms with Crippen LogP contribution in [0, 0.1) is 6.92 Å². The summed E-state index contributed by atoms with van der Waals surface area (Å²) in [6.07, 6.45) is 2.51. The van der Waals surface area contributed by atoms with Crippen molar-refractivity contribution in [1.29, 1.82) is 0 Å². The molecule has 1 saturated heterocycles. The SMILES string of the molecule is COc1ccc(Cl)cc1NC(=O)CCN1CCC[C@H]1c1cc(C)no1. The van der Waals surface area contributed by atoms with E-state index in [9.17, 15) is 4.79 Å². The molecule has 1 fully saturated rings. The van der Waals surface area contributed by atoms with Crippen LogP contribution in [0.1, 0.15) is 36.8 Å². The summed E-state index contributed by atoms with van der Waals surface area (Å²) >= 11 is 6.00. The Morgan fingerprint density at radius 3 is 3.04 bits per heavy atom. The first-order chi connectivity index (χ1) is 12.1. The van der Waals surface area contributed by atoms with Gasteiger partial charge in [0.15, 0.2) is 5.76 Å². The highest BCUT2D eigenvalue weighted by Gasteiger charge is 2.29. The van der Waals surface area contributed by atoms with E-state index in [2.05, 4.69) is 15.4 Å². The molecule has 1 N–H and O–H groups in total. The van der Waals surface area contributed by atoms with Crippen molar-refractivity contribution in [2.75, 3.05) is 25.5 Å². The number of aromatic nitrogens is 1. The van der Waals surface area contributed by atoms with Crippen LogP contribution in [0.5, 0.6) is 5.75 Å². The second kappa shape index (κ2) is 7.89. The molecule has 1 atom stereocenters. The largest absolute Gasteiger partial charge is 0.495 e. The van der Waals surface area contributed by atoms with E-state index in [0.717, 1.165) is 30.8 Å². The molecule has 6 nitrogen and oxygen atoms in total. The molecular formula is C18H22ClN3O3. The summed E-state index contributed by atoms with van der Waals surface area (Å²) in [5.74, 6) is 1.40. The van der Waals surface area contributed by atoms with Crippen molar-refractivity contribution < 1.29 is 14.1 Å². The minimum atomic E-state index is -0.0695. The number of amides is 1. The smallest absolute Gasteiger partial charge is 0.225 e. The Morgan fingerprint density at radius 1 is 1.48 bits per heavy atom. The number of rotatable bonds is 6. The van der Waals surface area contributed by atoms with Gasteiger partial charge in [-0.05, 0) is 44.5 Å². The van der Waals surface area contributed by atoms with E-state index in [-0.39, 0.29) is 11.9 Å². The normalized spacial score (nSPS) is 17.6. The number of anilines is 1. The Morgan fingerprint density at radius 2 is 2.32 bits per heavy atom. The maximum atomic E-state index is 12.3. The molecule has 2 heterocycles. The zero-order chi connectivity index (χ0) is 17.8. The van der Waals surface area contributed by atoms with Crippen molar-refractivity contribution in [2.45, 2.75) is 32.2 Å². The van der Waals surface area contributed by atoms with E-state index in [0.29, 0.717) is 29.4 Å². The number of hydrogen-bond donors (Lipinski definition) is 1. The number of likely N-dealkylation sites (tertiary alicyclic amines) is 1. The number of nitrogens with one attached hydrogen (secondary N) is 1. The highest BCUT2D eigenvalue weighted by atomic mass is 35.5. The zero-order valence-electron chi connectivity index (χ0n) is 14.4. The van der Waals surface area contributed by atoms with E-state index in [1.54, 1.807) is 25.3 Å². The van der Waals surface area contributed by atoms with E-state index in [4.69, 9.17) is 20.9 Å². The van der Waals surface area contributed by atoms with Crippen LogP contribution >= 0.6 is 11.6 Å². The number of carbonyl (C=O) groups is 1. The first kappa shape index (κ1) is 17.8. The molecule has 0 saturated carbocycles. The topological polar surface area (TPSA) is 67.6 Å². The number of aryl methyl sites for hydroxylation is 1. The molecule has 0 bridgehead atoms. The monoisotopic (exact) mass is 363 g/mol. The first-order valence-electron chi connectivity index (χ1n) is 8.37. The van der Waals surface area contributed by atoms with Crippen LogP contribution in [0.15, 0.2) is 28.8 Å². The van der Waals surface area contributed by atoms with E-state index in [1.165, 1.54) is 0 Å². The molecule has 7 heteroatoms. The van der Waals surface area contributed by atoms with Gasteiger partial charge in [0.2, 0.25) is 5.91 Å². The fourth-order valence-corrected chi connectivity index (χ4v) is 3.36. The molecule has 1 amide bonds. The molecule has 2 aromatic rings. The fraction of sp³-hybridized carbons (Fsp3) is 0.444. The summed E-state index contributed by atoms with van der Waals surface area (Å²) in [4.78, 5) is 14.6. The van der Waals surface area contributed by atoms with Gasteiger partial charge >= 0.3 is 0 Å². The lowest BCUT2D eigenvalue weighted by atomic mass is 10.1. The summed E-state index contributed by atoms with van der Waals surface area (Å²) < 4.78 is 10.7. The Balaban J connectivity index is 1.58. The molecule has 134 valence electrons. The average molecular weight is 364 g/mol. The van der Waals surface area contributed by atoms with Crippen molar-refractivity contribution in [2.24, 2.45) is 0 Å². The van der Waals surface area contributed by atoms with Gasteiger partial charge < -0.3 is 14.6 Å². The van der Waals surface area contributed by atoms with Gasteiger partial charge in [0.1, 0.15) is 5.75 Å². The minimum absolute atomic E-state index is 0.0695. The second-order valence-corrected chi connectivity index (χ2v) is 6.64. The molecule has 25 heavy (non-hydrogen) atoms. The third kappa shape index (κ3) is 4.32. The van der Waals surface area contributed by atoms with Gasteiger partial charge in [-0.25, -0.2) is 0 Å². The number of benzene rings is 1. The fourth-order valence-electron chi connectivity index (χ4n) is 3.19. The van der Waals surface area contributed by atoms with Gasteiger partial charge in [-0.15, -0.1) is 0 Å². The molecule has 1 aliphatic rings. The standard InChI is InChI=1S/C18H22ClN3O3/c1-12-10-17(25-21-12)15-4-3-8-22(15)9-7-18(23)20-14-11-13(19)5-6-16(14)24-2/h5-6,10-11,15H,3-4,7-9H2,1-2H3,(H,20,23)/t15-/m0/s1. The van der Waals surface area contributed by atoms with Gasteiger partial charge in [0.25, 0.3) is 0 Å². The Kier molecular flexibility index (Phi) is 5.60. The van der Waals surface area contributed by atoms with Crippen molar-refractivity contribution in [3.63, 3.8) is 0 Å². The van der Waals surface area contributed by atoms with Crippen LogP contribution in [0.2, 0.25) is 5.02 Å². The number of ether oxygens (including phenoxy) is 1. The summed E-state index contributed by atoms with van der Waals surface area (Å²) in [7, 11) is 1.56. The molecule has 1 aromatic carbocycles. The van der Waals surface area contributed by atoms with E-state index >= 15 is 0 Å². The number of halogens is 1. The van der Waals surface area contributed by atoms with Crippen molar-refractivity contribution in [3.05, 3.63) is 40.7 Å². The predicted molar refractivity (Wildman–Crippen MR) is 96.0 cm³/mol. The van der Waals surface area contributed by atoms with Crippen LogP contribution in [0.25, 0.3) is 0 Å². The summed E-state index contributed by atoms with van der Waals surface area (Å²) in [5.41, 5.74) is 1.47. The van der Waals surface area contributed by atoms with Crippen molar-refractivity contribution in [3.8, 4) is 5.75 Å². The zero-order valence-corrected chi connectivity index (χ0v) is 15.2. The third-order valence-electron chi connectivity index (χ3n) is 4.40. The molecule has 1 aromatic heterocycles. The molecule has 0 aliphatic carbocycles. The van der Waals surface area contributed by atoms with Crippen LogP contribution in [0.4, 0.5) is 5.69 Å². The molecule has 0 spiro atoms. The van der Waals surface area contributed by atoms with Gasteiger partial charge in [-0.1, -0.05) is 16.8 Å². The highest BCUT2D eigenvalue weighted by Crippen LogP contribution is 2.32. The predicted octanol–water partition coefficient (Wildman–Crippen LogP) is 3.81. The van der Waals surface area contributed by atoms with Crippen LogP contribution in [-0.4, -0.2) is 36.2 Å². The van der Waals surface area contributed by atoms with E-state index in [1.807, 2.05) is 13.0 Å². The minimum Gasteiger partial charge on any atom is -0.495 e. The molecule has 3 rings (SSSR count). The molecule has 0 radical (unpaired) electrons. The number of nitrogens with zero attached hydrogens (tertiary/aromatic N) is 2. The molecular weight excluding hydrogens is 342 g/mol. The maximum Gasteiger partial charge on any atom is 0.225 e. The number of carbonyl (C=O) groups excluding carboxylic acids is 1. The van der Waals surface area contributed by atoms with Crippen LogP contribution in [0.3, 0.4) is 0 Å². The summed E-state index contributed by atoms with van der Waals surface area (Å²) in [6, 6.07) is 7.33. The maximum absolute atomic E-state index is 12.3. The van der Waals surface area contributed by atoms with Gasteiger partial charge in [-0.3, -0.25) is 9.69 Å². The van der Waals surface area contributed by atoms with Crippen molar-refractivity contribution >= 4 is 23.2 Å². The van der Waals surface area contributed by atoms with E-state index < -0.39 is 0 Å². The Hall–Kier alpha value is -2.05. The van der Waals surface area contributed by atoms with Gasteiger partial charge in [0.05, 0.1) is 24.5 Å². The summed E-state index contributed by atoms with van der Waals surface area (Å²) in [5, 5.41) is 7.39. The quantitative estimate of drug-likeness (QED) is 0.845. The Bertz CT molecular complexity index is 747. The Labute approximate surface area is 152 Å². The van der Waals surface area contributed by atoms with Gasteiger partial charge in [-0.2, -0.15) is 0 Å². The molecule has 0 unspecified atom stereocenters. The number of hydrogen-bond acceptors (Lipinski definition) is 5. The second-order valence-electron chi connectivity index (χ2n) is 6.21. The highest BCUT2D eigenvalue weighted by molar-refractivity contribution is 6.31. The van der Waals surface area contributed by atoms with Crippen molar-refractivity contribution in [1.82, 2.24) is 10.1 Å². The lowest BCUT2D eigenvalue weighted by molar-refractivity contribution is -0.116. The lowest BCUT2D eigenvalue weighted by Crippen LogP contribution is -2.27. The summed E-state index contributed by atoms with van der Waals surface area (Å²) in [6.45, 7) is 3.54. The average Bonchev–Trinajstić information content (AvgIpc) is 3.21. The number of methoxy groups -OCH3 is 1. The molecule has 1 aliphatic heterocycles.